The monoisotopic (exact) mass is 376 g/mol. The molecule has 0 radical (unpaired) electrons. The quantitative estimate of drug-likeness (QED) is 0.618. The molecule has 0 unspecified atom stereocenters. The first-order valence-electron chi connectivity index (χ1n) is 8.94. The van der Waals surface area contributed by atoms with Gasteiger partial charge in [0.05, 0.1) is 21.7 Å². The Morgan fingerprint density at radius 3 is 2.11 bits per heavy atom. The highest BCUT2D eigenvalue weighted by Gasteiger charge is 2.48. The van der Waals surface area contributed by atoms with Crippen LogP contribution in [0.4, 0.5) is 5.69 Å². The number of benzene rings is 2. The predicted octanol–water partition coefficient (Wildman–Crippen LogP) is 4.97. The number of nitrogens with one attached hydrogen (secondary N) is 1. The highest BCUT2D eigenvalue weighted by molar-refractivity contribution is 7.10. The van der Waals surface area contributed by atoms with Crippen LogP contribution in [0.25, 0.3) is 21.6 Å². The second-order valence-electron chi connectivity index (χ2n) is 7.03. The lowest BCUT2D eigenvalue weighted by Gasteiger charge is -2.12. The summed E-state index contributed by atoms with van der Waals surface area (Å²) in [6.45, 7) is 3.57. The lowest BCUT2D eigenvalue weighted by Crippen LogP contribution is -2.16. The molecule has 27 heavy (non-hydrogen) atoms. The molecule has 2 aromatic carbocycles. The molecule has 3 aromatic rings. The van der Waals surface area contributed by atoms with Gasteiger partial charge in [-0.2, -0.15) is 4.37 Å². The molecule has 0 spiro atoms. The lowest BCUT2D eigenvalue weighted by molar-refractivity contribution is -0.119. The standard InChI is InChI=1S/C22H20N2O2S/c1-14-20(23-13-25)21(27-24-14)18-5-3-16(4-6-18)17-7-9-19(10-8-17)22(11-12-22)15(2)26/h3-10,13H,11-12H2,1-2H3,(H,23,25). The molecule has 0 bridgehead atoms. The second-order valence-corrected chi connectivity index (χ2v) is 7.80. The summed E-state index contributed by atoms with van der Waals surface area (Å²) in [5.41, 5.74) is 5.75. The maximum atomic E-state index is 11.9. The summed E-state index contributed by atoms with van der Waals surface area (Å²) >= 11 is 1.38. The summed E-state index contributed by atoms with van der Waals surface area (Å²) in [7, 11) is 0. The molecule has 1 aliphatic carbocycles. The van der Waals surface area contributed by atoms with Crippen LogP contribution in [0.5, 0.6) is 0 Å². The molecule has 0 aliphatic heterocycles. The van der Waals surface area contributed by atoms with E-state index in [9.17, 15) is 9.59 Å². The van der Waals surface area contributed by atoms with Crippen LogP contribution in [-0.2, 0) is 15.0 Å². The fraction of sp³-hybridized carbons (Fsp3) is 0.227. The van der Waals surface area contributed by atoms with Gasteiger partial charge < -0.3 is 5.32 Å². The van der Waals surface area contributed by atoms with Crippen molar-refractivity contribution in [2.45, 2.75) is 32.1 Å². The van der Waals surface area contributed by atoms with Gasteiger partial charge in [-0.1, -0.05) is 48.5 Å². The molecule has 1 heterocycles. The van der Waals surface area contributed by atoms with E-state index in [2.05, 4.69) is 46.1 Å². The summed E-state index contributed by atoms with van der Waals surface area (Å²) < 4.78 is 4.34. The summed E-state index contributed by atoms with van der Waals surface area (Å²) in [5, 5.41) is 2.74. The van der Waals surface area contributed by atoms with Crippen LogP contribution < -0.4 is 5.32 Å². The number of rotatable bonds is 6. The first-order chi connectivity index (χ1) is 13.0. The van der Waals surface area contributed by atoms with Gasteiger partial charge in [-0.25, -0.2) is 0 Å². The first kappa shape index (κ1) is 17.6. The number of nitrogens with zero attached hydrogens (tertiary/aromatic N) is 1. The van der Waals surface area contributed by atoms with Crippen molar-refractivity contribution in [1.29, 1.82) is 0 Å². The number of amides is 1. The zero-order valence-corrected chi connectivity index (χ0v) is 16.1. The number of aryl methyl sites for hydroxylation is 1. The Kier molecular flexibility index (Phi) is 4.40. The number of hydrogen-bond acceptors (Lipinski definition) is 4. The fourth-order valence-corrected chi connectivity index (χ4v) is 4.42. The Hall–Kier alpha value is -2.79. The molecule has 136 valence electrons. The number of anilines is 1. The van der Waals surface area contributed by atoms with E-state index in [1.54, 1.807) is 6.92 Å². The predicted molar refractivity (Wildman–Crippen MR) is 109 cm³/mol. The van der Waals surface area contributed by atoms with E-state index in [0.29, 0.717) is 6.41 Å². The van der Waals surface area contributed by atoms with E-state index in [4.69, 9.17) is 0 Å². The zero-order valence-electron chi connectivity index (χ0n) is 15.3. The topological polar surface area (TPSA) is 59.1 Å². The first-order valence-corrected chi connectivity index (χ1v) is 9.71. The number of carbonyl (C=O) groups is 2. The van der Waals surface area contributed by atoms with Crippen LogP contribution in [0.1, 0.15) is 31.0 Å². The molecular weight excluding hydrogens is 356 g/mol. The van der Waals surface area contributed by atoms with E-state index in [1.807, 2.05) is 19.1 Å². The van der Waals surface area contributed by atoms with Crippen LogP contribution in [0.15, 0.2) is 48.5 Å². The third-order valence-corrected chi connectivity index (χ3v) is 6.40. The molecule has 1 aromatic heterocycles. The average Bonchev–Trinajstić information content (AvgIpc) is 3.43. The third-order valence-electron chi connectivity index (χ3n) is 5.41. The maximum Gasteiger partial charge on any atom is 0.211 e. The normalized spacial score (nSPS) is 14.6. The van der Waals surface area contributed by atoms with E-state index in [1.165, 1.54) is 11.5 Å². The van der Waals surface area contributed by atoms with Crippen molar-refractivity contribution in [3.8, 4) is 21.6 Å². The van der Waals surface area contributed by atoms with Crippen molar-refractivity contribution >= 4 is 29.4 Å². The van der Waals surface area contributed by atoms with Crippen molar-refractivity contribution < 1.29 is 9.59 Å². The van der Waals surface area contributed by atoms with Crippen LogP contribution in [0.3, 0.4) is 0 Å². The van der Waals surface area contributed by atoms with Gasteiger partial charge in [0.25, 0.3) is 0 Å². The largest absolute Gasteiger partial charge is 0.326 e. The molecular formula is C22H20N2O2S. The SMILES string of the molecule is CC(=O)C1(c2ccc(-c3ccc(-c4snc(C)c4NC=O)cc3)cc2)CC1. The van der Waals surface area contributed by atoms with Gasteiger partial charge in [-0.3, -0.25) is 9.59 Å². The molecule has 4 rings (SSSR count). The Morgan fingerprint density at radius 1 is 1.04 bits per heavy atom. The third kappa shape index (κ3) is 3.08. The van der Waals surface area contributed by atoms with Gasteiger partial charge in [-0.15, -0.1) is 0 Å². The minimum Gasteiger partial charge on any atom is -0.326 e. The van der Waals surface area contributed by atoms with Gasteiger partial charge in [0.15, 0.2) is 0 Å². The maximum absolute atomic E-state index is 11.9. The Balaban J connectivity index is 1.60. The molecule has 0 atom stereocenters. The fourth-order valence-electron chi connectivity index (χ4n) is 3.56. The summed E-state index contributed by atoms with van der Waals surface area (Å²) in [6.07, 6.45) is 2.60. The van der Waals surface area contributed by atoms with Crippen molar-refractivity contribution in [2.24, 2.45) is 0 Å². The minimum absolute atomic E-state index is 0.228. The van der Waals surface area contributed by atoms with Gasteiger partial charge in [0.2, 0.25) is 6.41 Å². The van der Waals surface area contributed by atoms with Gasteiger partial charge in [-0.05, 0) is 60.5 Å². The molecule has 0 saturated heterocycles. The summed E-state index contributed by atoms with van der Waals surface area (Å²) in [5.74, 6) is 0.263. The van der Waals surface area contributed by atoms with Crippen LogP contribution in [-0.4, -0.2) is 16.6 Å². The second kappa shape index (κ2) is 6.74. The molecule has 1 amide bonds. The molecule has 5 heteroatoms. The van der Waals surface area contributed by atoms with E-state index in [0.717, 1.165) is 51.4 Å². The van der Waals surface area contributed by atoms with E-state index in [-0.39, 0.29) is 11.2 Å². The minimum atomic E-state index is -0.228. The molecule has 1 aliphatic rings. The molecule has 1 saturated carbocycles. The molecule has 1 N–H and O–H groups in total. The molecule has 4 nitrogen and oxygen atoms in total. The lowest BCUT2D eigenvalue weighted by atomic mass is 9.90. The summed E-state index contributed by atoms with van der Waals surface area (Å²) in [4.78, 5) is 23.7. The Morgan fingerprint density at radius 2 is 1.59 bits per heavy atom. The Bertz CT molecular complexity index is 1000. The zero-order chi connectivity index (χ0) is 19.0. The number of hydrogen-bond donors (Lipinski definition) is 1. The highest BCUT2D eigenvalue weighted by Crippen LogP contribution is 2.49. The number of ketones is 1. The van der Waals surface area contributed by atoms with Crippen LogP contribution in [0.2, 0.25) is 0 Å². The van der Waals surface area contributed by atoms with Crippen molar-refractivity contribution in [2.75, 3.05) is 5.32 Å². The van der Waals surface area contributed by atoms with Crippen molar-refractivity contribution in [3.63, 3.8) is 0 Å². The number of carbonyl (C=O) groups excluding carboxylic acids is 2. The Labute approximate surface area is 162 Å². The van der Waals surface area contributed by atoms with Gasteiger partial charge in [0.1, 0.15) is 5.78 Å². The van der Waals surface area contributed by atoms with Crippen molar-refractivity contribution in [3.05, 3.63) is 59.8 Å². The summed E-state index contributed by atoms with van der Waals surface area (Å²) in [6, 6.07) is 16.6. The van der Waals surface area contributed by atoms with Crippen LogP contribution in [0, 0.1) is 6.92 Å². The van der Waals surface area contributed by atoms with Crippen molar-refractivity contribution in [1.82, 2.24) is 4.37 Å². The highest BCUT2D eigenvalue weighted by atomic mass is 32.1. The number of aromatic nitrogens is 1. The average molecular weight is 376 g/mol. The smallest absolute Gasteiger partial charge is 0.211 e. The van der Waals surface area contributed by atoms with Gasteiger partial charge in [0, 0.05) is 0 Å². The number of Topliss-reactive ketones (excluding diaryl/α,β-unsaturated/α-hetero) is 1. The van der Waals surface area contributed by atoms with Crippen LogP contribution >= 0.6 is 11.5 Å². The van der Waals surface area contributed by atoms with Gasteiger partial charge >= 0.3 is 0 Å². The molecule has 1 fully saturated rings. The van der Waals surface area contributed by atoms with E-state index < -0.39 is 0 Å². The van der Waals surface area contributed by atoms with E-state index >= 15 is 0 Å².